The zero-order valence-electron chi connectivity index (χ0n) is 11.8. The molecule has 20 heavy (non-hydrogen) atoms. The largest absolute Gasteiger partial charge is 0.472 e. The molecule has 0 rings (SSSR count). The average molecular weight is 282 g/mol. The van der Waals surface area contributed by atoms with Gasteiger partial charge in [0.25, 0.3) is 0 Å². The SMILES string of the molecule is C#CC(=O)O.C#CC(=O)O.C#CC(=O)O.CC(C)(C)C. The molecule has 0 bridgehead atoms. The van der Waals surface area contributed by atoms with Crippen molar-refractivity contribution in [3.8, 4) is 37.0 Å². The molecule has 0 fully saturated rings. The Morgan fingerprint density at radius 1 is 0.700 bits per heavy atom. The van der Waals surface area contributed by atoms with Gasteiger partial charge in [-0.2, -0.15) is 0 Å². The van der Waals surface area contributed by atoms with Gasteiger partial charge in [0.2, 0.25) is 0 Å². The van der Waals surface area contributed by atoms with Gasteiger partial charge in [0, 0.05) is 17.8 Å². The van der Waals surface area contributed by atoms with Crippen LogP contribution < -0.4 is 0 Å². The topological polar surface area (TPSA) is 112 Å². The Labute approximate surface area is 118 Å². The smallest absolute Gasteiger partial charge is 0.381 e. The van der Waals surface area contributed by atoms with Crippen molar-refractivity contribution in [3.05, 3.63) is 0 Å². The summed E-state index contributed by atoms with van der Waals surface area (Å²) in [4.78, 5) is 27.4. The standard InChI is InChI=1S/C5H12.3C3H2O2/c1-5(2,3)4;3*1-2-3(4)5/h1-4H3;3*1H,(H,4,5). The van der Waals surface area contributed by atoms with E-state index >= 15 is 0 Å². The van der Waals surface area contributed by atoms with Crippen molar-refractivity contribution in [2.24, 2.45) is 5.41 Å². The normalized spacial score (nSPS) is 7.05. The van der Waals surface area contributed by atoms with E-state index in [1.807, 2.05) is 0 Å². The zero-order chi connectivity index (χ0) is 17.4. The third kappa shape index (κ3) is 314. The number of carboxylic acids is 3. The Bertz CT molecular complexity index is 357. The lowest BCUT2D eigenvalue weighted by atomic mass is 10.0. The van der Waals surface area contributed by atoms with Crippen molar-refractivity contribution >= 4 is 17.9 Å². The van der Waals surface area contributed by atoms with Gasteiger partial charge in [0.05, 0.1) is 0 Å². The summed E-state index contributed by atoms with van der Waals surface area (Å²) < 4.78 is 0. The second-order valence-corrected chi connectivity index (χ2v) is 4.35. The van der Waals surface area contributed by atoms with E-state index in [9.17, 15) is 0 Å². The molecule has 3 N–H and O–H groups in total. The van der Waals surface area contributed by atoms with Crippen LogP contribution in [0.2, 0.25) is 0 Å². The third-order valence-electron chi connectivity index (χ3n) is 0.370. The molecule has 0 aromatic rings. The maximum absolute atomic E-state index is 9.13. The molecule has 0 aliphatic rings. The van der Waals surface area contributed by atoms with Crippen LogP contribution in [-0.2, 0) is 14.4 Å². The summed E-state index contributed by atoms with van der Waals surface area (Å²) in [6.45, 7) is 8.75. The lowest BCUT2D eigenvalue weighted by Crippen LogP contribution is -1.93. The summed E-state index contributed by atoms with van der Waals surface area (Å²) in [7, 11) is 0. The molecule has 0 saturated heterocycles. The Kier molecular flexibility index (Phi) is 20.8. The van der Waals surface area contributed by atoms with Crippen LogP contribution >= 0.6 is 0 Å². The van der Waals surface area contributed by atoms with Crippen molar-refractivity contribution in [1.29, 1.82) is 0 Å². The van der Waals surface area contributed by atoms with Gasteiger partial charge in [-0.05, 0) is 5.41 Å². The first-order chi connectivity index (χ1) is 8.81. The molecular weight excluding hydrogens is 264 g/mol. The summed E-state index contributed by atoms with van der Waals surface area (Å²) in [5, 5.41) is 22.5. The predicted molar refractivity (Wildman–Crippen MR) is 74.5 cm³/mol. The number of carboxylic acid groups (broad SMARTS) is 3. The number of terminal acetylenes is 3. The molecule has 0 aromatic carbocycles. The molecule has 0 saturated carbocycles. The molecule has 0 aromatic heterocycles. The molecule has 0 spiro atoms. The Balaban J connectivity index is -0.0000000853. The van der Waals surface area contributed by atoms with E-state index in [4.69, 9.17) is 29.7 Å². The summed E-state index contributed by atoms with van der Waals surface area (Å²) in [5.74, 6) is 0.681. The maximum atomic E-state index is 9.13. The van der Waals surface area contributed by atoms with Gasteiger partial charge >= 0.3 is 17.9 Å². The van der Waals surface area contributed by atoms with E-state index in [0.29, 0.717) is 5.41 Å². The van der Waals surface area contributed by atoms with Gasteiger partial charge in [-0.25, -0.2) is 14.4 Å². The van der Waals surface area contributed by atoms with Gasteiger partial charge in [-0.15, -0.1) is 19.3 Å². The highest BCUT2D eigenvalue weighted by Crippen LogP contribution is 2.08. The summed E-state index contributed by atoms with van der Waals surface area (Å²) >= 11 is 0. The van der Waals surface area contributed by atoms with Crippen LogP contribution in [0.4, 0.5) is 0 Å². The minimum Gasteiger partial charge on any atom is -0.472 e. The second-order valence-electron chi connectivity index (χ2n) is 4.35. The van der Waals surface area contributed by atoms with E-state index in [0.717, 1.165) is 0 Å². The first kappa shape index (κ1) is 25.8. The lowest BCUT2D eigenvalue weighted by molar-refractivity contribution is -0.131. The van der Waals surface area contributed by atoms with Gasteiger partial charge in [0.15, 0.2) is 0 Å². The molecule has 0 heterocycles. The number of rotatable bonds is 0. The third-order valence-corrected chi connectivity index (χ3v) is 0.370. The van der Waals surface area contributed by atoms with E-state index in [1.165, 1.54) is 17.8 Å². The number of carbonyl (C=O) groups is 3. The number of hydrogen-bond acceptors (Lipinski definition) is 3. The van der Waals surface area contributed by atoms with Crippen LogP contribution in [0.5, 0.6) is 0 Å². The fraction of sp³-hybridized carbons (Fsp3) is 0.357. The quantitative estimate of drug-likeness (QED) is 0.575. The van der Waals surface area contributed by atoms with Crippen LogP contribution in [0.1, 0.15) is 27.7 Å². The highest BCUT2D eigenvalue weighted by atomic mass is 16.4. The average Bonchev–Trinajstić information content (AvgIpc) is 2.28. The van der Waals surface area contributed by atoms with E-state index < -0.39 is 17.9 Å². The van der Waals surface area contributed by atoms with E-state index in [-0.39, 0.29) is 0 Å². The number of aliphatic carboxylic acids is 3. The Morgan fingerprint density at radius 3 is 0.750 bits per heavy atom. The van der Waals surface area contributed by atoms with E-state index in [2.05, 4.69) is 47.0 Å². The molecule has 0 aliphatic carbocycles. The summed E-state index contributed by atoms with van der Waals surface area (Å²) in [6.07, 6.45) is 13.0. The predicted octanol–water partition coefficient (Wildman–Crippen LogP) is 1.16. The fourth-order valence-corrected chi connectivity index (χ4v) is 0. The van der Waals surface area contributed by atoms with Crippen molar-refractivity contribution < 1.29 is 29.7 Å². The molecule has 110 valence electrons. The summed E-state index contributed by atoms with van der Waals surface area (Å²) in [6, 6.07) is 0. The monoisotopic (exact) mass is 282 g/mol. The van der Waals surface area contributed by atoms with Crippen LogP contribution in [0, 0.1) is 42.4 Å². The van der Waals surface area contributed by atoms with Crippen molar-refractivity contribution in [1.82, 2.24) is 0 Å². The van der Waals surface area contributed by atoms with Crippen LogP contribution in [0.15, 0.2) is 0 Å². The molecule has 0 aliphatic heterocycles. The minimum atomic E-state index is -1.22. The van der Waals surface area contributed by atoms with Crippen LogP contribution in [0.3, 0.4) is 0 Å². The van der Waals surface area contributed by atoms with Crippen molar-refractivity contribution in [2.45, 2.75) is 27.7 Å². The van der Waals surface area contributed by atoms with Crippen molar-refractivity contribution in [2.75, 3.05) is 0 Å². The van der Waals surface area contributed by atoms with Gasteiger partial charge in [-0.1, -0.05) is 27.7 Å². The fourth-order valence-electron chi connectivity index (χ4n) is 0. The van der Waals surface area contributed by atoms with Crippen LogP contribution in [0.25, 0.3) is 0 Å². The first-order valence-electron chi connectivity index (χ1n) is 4.90. The summed E-state index contributed by atoms with van der Waals surface area (Å²) in [5.41, 5.74) is 0.500. The van der Waals surface area contributed by atoms with Gasteiger partial charge < -0.3 is 15.3 Å². The molecular formula is C14H18O6. The number of hydrogen-bond donors (Lipinski definition) is 3. The second kappa shape index (κ2) is 16.1. The molecule has 0 unspecified atom stereocenters. The highest BCUT2D eigenvalue weighted by molar-refractivity contribution is 5.86. The maximum Gasteiger partial charge on any atom is 0.381 e. The van der Waals surface area contributed by atoms with Crippen LogP contribution in [-0.4, -0.2) is 33.2 Å². The highest BCUT2D eigenvalue weighted by Gasteiger charge is 1.95. The lowest BCUT2D eigenvalue weighted by Gasteiger charge is -2.05. The first-order valence-corrected chi connectivity index (χ1v) is 4.90. The molecule has 6 heteroatoms. The molecule has 0 atom stereocenters. The molecule has 0 radical (unpaired) electrons. The Hall–Kier alpha value is -2.91. The minimum absolute atomic E-state index is 0.500. The van der Waals surface area contributed by atoms with Gasteiger partial charge in [-0.3, -0.25) is 0 Å². The molecule has 0 amide bonds. The van der Waals surface area contributed by atoms with E-state index in [1.54, 1.807) is 0 Å². The van der Waals surface area contributed by atoms with Crippen molar-refractivity contribution in [3.63, 3.8) is 0 Å². The zero-order valence-corrected chi connectivity index (χ0v) is 11.8. The Morgan fingerprint density at radius 2 is 0.750 bits per heavy atom. The van der Waals surface area contributed by atoms with Gasteiger partial charge in [0.1, 0.15) is 0 Å². The molecule has 6 nitrogen and oxygen atoms in total.